The SMILES string of the molecule is Cc1cccc(C(C)NC(=O)N2C[C@@H]3CCC[C@@]3(C(=O)O)C2)c1C. The summed E-state index contributed by atoms with van der Waals surface area (Å²) in [5.74, 6) is -0.653. The maximum absolute atomic E-state index is 12.6. The van der Waals surface area contributed by atoms with Crippen molar-refractivity contribution in [2.24, 2.45) is 11.3 Å². The Labute approximate surface area is 143 Å². The number of hydrogen-bond acceptors (Lipinski definition) is 2. The average molecular weight is 330 g/mol. The number of hydrogen-bond donors (Lipinski definition) is 2. The van der Waals surface area contributed by atoms with Crippen molar-refractivity contribution in [1.82, 2.24) is 10.2 Å². The lowest BCUT2D eigenvalue weighted by Gasteiger charge is -2.25. The van der Waals surface area contributed by atoms with E-state index in [1.165, 1.54) is 11.1 Å². The Morgan fingerprint density at radius 2 is 2.12 bits per heavy atom. The van der Waals surface area contributed by atoms with E-state index in [1.807, 2.05) is 19.1 Å². The maximum atomic E-state index is 12.6. The Kier molecular flexibility index (Phi) is 4.28. The molecule has 0 spiro atoms. The summed E-state index contributed by atoms with van der Waals surface area (Å²) in [4.78, 5) is 26.1. The quantitative estimate of drug-likeness (QED) is 0.894. The number of urea groups is 1. The van der Waals surface area contributed by atoms with Crippen molar-refractivity contribution in [1.29, 1.82) is 0 Å². The molecule has 1 aromatic carbocycles. The molecule has 2 N–H and O–H groups in total. The summed E-state index contributed by atoms with van der Waals surface area (Å²) < 4.78 is 0. The number of carbonyl (C=O) groups excluding carboxylic acids is 1. The number of carboxylic acid groups (broad SMARTS) is 1. The second-order valence-electron chi connectivity index (χ2n) is 7.39. The number of nitrogens with one attached hydrogen (secondary N) is 1. The molecule has 1 saturated heterocycles. The number of rotatable bonds is 3. The predicted octanol–water partition coefficient (Wildman–Crippen LogP) is 3.26. The van der Waals surface area contributed by atoms with E-state index in [0.29, 0.717) is 19.5 Å². The second kappa shape index (κ2) is 6.11. The molecule has 2 amide bonds. The largest absolute Gasteiger partial charge is 0.481 e. The number of aliphatic carboxylic acids is 1. The Morgan fingerprint density at radius 3 is 2.79 bits per heavy atom. The zero-order valence-electron chi connectivity index (χ0n) is 14.6. The Bertz CT molecular complexity index is 673. The first-order valence-electron chi connectivity index (χ1n) is 8.70. The van der Waals surface area contributed by atoms with Crippen molar-refractivity contribution >= 4 is 12.0 Å². The monoisotopic (exact) mass is 330 g/mol. The number of carboxylic acids is 1. The van der Waals surface area contributed by atoms with Crippen molar-refractivity contribution < 1.29 is 14.7 Å². The first kappa shape index (κ1) is 16.8. The van der Waals surface area contributed by atoms with Gasteiger partial charge in [0.2, 0.25) is 0 Å². The van der Waals surface area contributed by atoms with E-state index in [4.69, 9.17) is 0 Å². The van der Waals surface area contributed by atoms with E-state index >= 15 is 0 Å². The summed E-state index contributed by atoms with van der Waals surface area (Å²) in [6.45, 7) is 6.98. The van der Waals surface area contributed by atoms with Gasteiger partial charge in [-0.2, -0.15) is 0 Å². The first-order valence-corrected chi connectivity index (χ1v) is 8.70. The minimum Gasteiger partial charge on any atom is -0.481 e. The highest BCUT2D eigenvalue weighted by molar-refractivity contribution is 5.80. The van der Waals surface area contributed by atoms with Crippen LogP contribution in [0, 0.1) is 25.2 Å². The van der Waals surface area contributed by atoms with Crippen LogP contribution in [0.4, 0.5) is 4.79 Å². The highest BCUT2D eigenvalue weighted by atomic mass is 16.4. The molecule has 1 unspecified atom stereocenters. The number of amides is 2. The van der Waals surface area contributed by atoms with Crippen molar-refractivity contribution in [3.63, 3.8) is 0 Å². The molecule has 5 nitrogen and oxygen atoms in total. The molecule has 1 aliphatic heterocycles. The third-order valence-electron chi connectivity index (χ3n) is 6.04. The highest BCUT2D eigenvalue weighted by Gasteiger charge is 2.55. The lowest BCUT2D eigenvalue weighted by atomic mass is 9.81. The Morgan fingerprint density at radius 1 is 1.38 bits per heavy atom. The van der Waals surface area contributed by atoms with Crippen LogP contribution in [0.2, 0.25) is 0 Å². The van der Waals surface area contributed by atoms with Gasteiger partial charge in [-0.25, -0.2) is 4.79 Å². The Balaban J connectivity index is 1.70. The minimum absolute atomic E-state index is 0.0942. The van der Waals surface area contributed by atoms with Crippen LogP contribution in [0.15, 0.2) is 18.2 Å². The molecule has 2 aliphatic rings. The van der Waals surface area contributed by atoms with Crippen LogP contribution >= 0.6 is 0 Å². The lowest BCUT2D eigenvalue weighted by molar-refractivity contribution is -0.149. The molecule has 3 atom stereocenters. The summed E-state index contributed by atoms with van der Waals surface area (Å²) in [7, 11) is 0. The summed E-state index contributed by atoms with van der Waals surface area (Å²) >= 11 is 0. The van der Waals surface area contributed by atoms with E-state index in [-0.39, 0.29) is 18.0 Å². The van der Waals surface area contributed by atoms with Gasteiger partial charge in [0.25, 0.3) is 0 Å². The minimum atomic E-state index is -0.747. The number of fused-ring (bicyclic) bond motifs is 1. The number of benzene rings is 1. The third kappa shape index (κ3) is 2.66. The van der Waals surface area contributed by atoms with E-state index < -0.39 is 11.4 Å². The summed E-state index contributed by atoms with van der Waals surface area (Å²) in [5.41, 5.74) is 2.77. The fourth-order valence-electron chi connectivity index (χ4n) is 4.39. The fourth-order valence-corrected chi connectivity index (χ4v) is 4.39. The summed E-state index contributed by atoms with van der Waals surface area (Å²) in [6, 6.07) is 5.84. The number of carbonyl (C=O) groups is 2. The van der Waals surface area contributed by atoms with Crippen LogP contribution in [0.25, 0.3) is 0 Å². The van der Waals surface area contributed by atoms with Gasteiger partial charge in [0.15, 0.2) is 0 Å². The van der Waals surface area contributed by atoms with Crippen LogP contribution < -0.4 is 5.32 Å². The number of likely N-dealkylation sites (tertiary alicyclic amines) is 1. The van der Waals surface area contributed by atoms with Gasteiger partial charge >= 0.3 is 12.0 Å². The summed E-state index contributed by atoms with van der Waals surface area (Å²) in [5, 5.41) is 12.7. The van der Waals surface area contributed by atoms with Crippen LogP contribution in [0.3, 0.4) is 0 Å². The summed E-state index contributed by atoms with van der Waals surface area (Å²) in [6.07, 6.45) is 2.54. The molecule has 24 heavy (non-hydrogen) atoms. The highest BCUT2D eigenvalue weighted by Crippen LogP contribution is 2.48. The van der Waals surface area contributed by atoms with Gasteiger partial charge < -0.3 is 15.3 Å². The molecule has 5 heteroatoms. The van der Waals surface area contributed by atoms with Crippen LogP contribution in [-0.2, 0) is 4.79 Å². The zero-order valence-corrected chi connectivity index (χ0v) is 14.6. The molecular formula is C19H26N2O3. The van der Waals surface area contributed by atoms with Crippen LogP contribution in [0.1, 0.15) is 48.9 Å². The van der Waals surface area contributed by atoms with E-state index in [9.17, 15) is 14.7 Å². The molecule has 1 heterocycles. The van der Waals surface area contributed by atoms with Gasteiger partial charge in [-0.05, 0) is 56.2 Å². The molecule has 3 rings (SSSR count). The van der Waals surface area contributed by atoms with Crippen LogP contribution in [0.5, 0.6) is 0 Å². The molecule has 2 fully saturated rings. The number of aryl methyl sites for hydroxylation is 1. The van der Waals surface area contributed by atoms with Gasteiger partial charge in [0.1, 0.15) is 0 Å². The fraction of sp³-hybridized carbons (Fsp3) is 0.579. The van der Waals surface area contributed by atoms with E-state index in [2.05, 4.69) is 25.2 Å². The second-order valence-corrected chi connectivity index (χ2v) is 7.39. The van der Waals surface area contributed by atoms with Crippen LogP contribution in [-0.4, -0.2) is 35.1 Å². The molecule has 1 saturated carbocycles. The average Bonchev–Trinajstić information content (AvgIpc) is 3.07. The normalized spacial score (nSPS) is 27.0. The molecule has 0 radical (unpaired) electrons. The van der Waals surface area contributed by atoms with Gasteiger partial charge in [0, 0.05) is 13.1 Å². The molecule has 0 bridgehead atoms. The topological polar surface area (TPSA) is 69.6 Å². The predicted molar refractivity (Wildman–Crippen MR) is 91.8 cm³/mol. The molecule has 1 aliphatic carbocycles. The number of nitrogens with zero attached hydrogens (tertiary/aromatic N) is 1. The van der Waals surface area contributed by atoms with Gasteiger partial charge in [-0.1, -0.05) is 24.6 Å². The van der Waals surface area contributed by atoms with Gasteiger partial charge in [-0.15, -0.1) is 0 Å². The van der Waals surface area contributed by atoms with E-state index in [0.717, 1.165) is 18.4 Å². The van der Waals surface area contributed by atoms with Crippen molar-refractivity contribution in [3.8, 4) is 0 Å². The molecule has 1 aromatic rings. The first-order chi connectivity index (χ1) is 11.3. The zero-order chi connectivity index (χ0) is 17.5. The van der Waals surface area contributed by atoms with Crippen molar-refractivity contribution in [3.05, 3.63) is 34.9 Å². The Hall–Kier alpha value is -2.04. The lowest BCUT2D eigenvalue weighted by Crippen LogP contribution is -2.42. The van der Waals surface area contributed by atoms with Gasteiger partial charge in [0.05, 0.1) is 11.5 Å². The molecular weight excluding hydrogens is 304 g/mol. The standard InChI is InChI=1S/C19H26N2O3/c1-12-6-4-8-16(13(12)2)14(3)20-18(24)21-10-15-7-5-9-19(15,11-21)17(22)23/h4,6,8,14-15H,5,7,9-11H2,1-3H3,(H,20,24)(H,22,23)/t14?,15-,19+/m0/s1. The smallest absolute Gasteiger partial charge is 0.317 e. The molecule has 0 aromatic heterocycles. The third-order valence-corrected chi connectivity index (χ3v) is 6.04. The van der Waals surface area contributed by atoms with Gasteiger partial charge in [-0.3, -0.25) is 4.79 Å². The molecule has 130 valence electrons. The van der Waals surface area contributed by atoms with Crippen molar-refractivity contribution in [2.45, 2.75) is 46.1 Å². The van der Waals surface area contributed by atoms with E-state index in [1.54, 1.807) is 4.90 Å². The van der Waals surface area contributed by atoms with Crippen molar-refractivity contribution in [2.75, 3.05) is 13.1 Å². The maximum Gasteiger partial charge on any atom is 0.317 e.